The van der Waals surface area contributed by atoms with Gasteiger partial charge in [-0.15, -0.1) is 0 Å². The number of rotatable bonds is 6. The molecule has 114 valence electrons. The Morgan fingerprint density at radius 2 is 2.24 bits per heavy atom. The molecule has 7 heteroatoms. The van der Waals surface area contributed by atoms with E-state index in [0.29, 0.717) is 23.7 Å². The van der Waals surface area contributed by atoms with Crippen LogP contribution < -0.4 is 4.74 Å². The lowest BCUT2D eigenvalue weighted by molar-refractivity contribution is 0.198. The van der Waals surface area contributed by atoms with Crippen molar-refractivity contribution >= 4 is 15.9 Å². The minimum atomic E-state index is -0.854. The summed E-state index contributed by atoms with van der Waals surface area (Å²) in [7, 11) is 5.54. The van der Waals surface area contributed by atoms with E-state index in [1.165, 1.54) is 7.11 Å². The molecule has 0 saturated heterocycles. The number of aliphatic hydroxyl groups excluding tert-OH is 1. The van der Waals surface area contributed by atoms with Crippen molar-refractivity contribution < 1.29 is 9.84 Å². The number of hydrogen-bond acceptors (Lipinski definition) is 5. The second-order valence-corrected chi connectivity index (χ2v) is 5.76. The van der Waals surface area contributed by atoms with Gasteiger partial charge in [0.05, 0.1) is 30.0 Å². The summed E-state index contributed by atoms with van der Waals surface area (Å²) in [6.45, 7) is 1.52. The van der Waals surface area contributed by atoms with Crippen LogP contribution in [0.25, 0.3) is 0 Å². The zero-order valence-electron chi connectivity index (χ0n) is 12.3. The van der Waals surface area contributed by atoms with Gasteiger partial charge >= 0.3 is 0 Å². The van der Waals surface area contributed by atoms with Crippen molar-refractivity contribution in [3.05, 3.63) is 40.3 Å². The number of hydrogen-bond donors (Lipinski definition) is 1. The Kier molecular flexibility index (Phi) is 5.33. The smallest absolute Gasteiger partial charge is 0.219 e. The fourth-order valence-electron chi connectivity index (χ4n) is 2.05. The van der Waals surface area contributed by atoms with Gasteiger partial charge in [-0.05, 0) is 42.2 Å². The fourth-order valence-corrected chi connectivity index (χ4v) is 2.56. The number of ether oxygens (including phenoxy) is 1. The van der Waals surface area contributed by atoms with Gasteiger partial charge in [0.15, 0.2) is 0 Å². The molecule has 1 N–H and O–H groups in total. The Bertz CT molecular complexity index is 600. The summed E-state index contributed by atoms with van der Waals surface area (Å²) in [4.78, 5) is 6.19. The molecule has 0 aliphatic carbocycles. The molecule has 0 bridgehead atoms. The van der Waals surface area contributed by atoms with Crippen LogP contribution in [-0.2, 0) is 6.54 Å². The van der Waals surface area contributed by atoms with Crippen molar-refractivity contribution in [1.29, 1.82) is 0 Å². The highest BCUT2D eigenvalue weighted by molar-refractivity contribution is 9.10. The van der Waals surface area contributed by atoms with Crippen LogP contribution >= 0.6 is 15.9 Å². The van der Waals surface area contributed by atoms with Crippen molar-refractivity contribution in [2.45, 2.75) is 12.6 Å². The minimum Gasteiger partial charge on any atom is -0.481 e. The lowest BCUT2D eigenvalue weighted by Gasteiger charge is -2.17. The average molecular weight is 355 g/mol. The maximum absolute atomic E-state index is 10.7. The summed E-state index contributed by atoms with van der Waals surface area (Å²) >= 11 is 3.45. The summed E-state index contributed by atoms with van der Waals surface area (Å²) in [6, 6.07) is 3.57. The van der Waals surface area contributed by atoms with Crippen LogP contribution in [0.5, 0.6) is 5.88 Å². The van der Waals surface area contributed by atoms with Gasteiger partial charge in [0.2, 0.25) is 5.88 Å². The molecule has 2 heterocycles. The number of nitrogens with zero attached hydrogens (tertiary/aromatic N) is 4. The number of aromatic nitrogens is 3. The van der Waals surface area contributed by atoms with Gasteiger partial charge in [-0.25, -0.2) is 4.98 Å². The van der Waals surface area contributed by atoms with Crippen molar-refractivity contribution in [2.24, 2.45) is 0 Å². The van der Waals surface area contributed by atoms with E-state index in [2.05, 4.69) is 30.9 Å². The van der Waals surface area contributed by atoms with E-state index >= 15 is 0 Å². The van der Waals surface area contributed by atoms with Gasteiger partial charge in [-0.2, -0.15) is 5.10 Å². The van der Waals surface area contributed by atoms with Gasteiger partial charge < -0.3 is 14.7 Å². The number of halogens is 1. The quantitative estimate of drug-likeness (QED) is 0.855. The zero-order valence-corrected chi connectivity index (χ0v) is 13.9. The van der Waals surface area contributed by atoms with Gasteiger partial charge in [-0.1, -0.05) is 0 Å². The van der Waals surface area contributed by atoms with E-state index in [9.17, 15) is 5.11 Å². The van der Waals surface area contributed by atoms with E-state index in [1.54, 1.807) is 29.2 Å². The topological polar surface area (TPSA) is 63.4 Å². The molecule has 2 aromatic rings. The zero-order chi connectivity index (χ0) is 15.4. The second kappa shape index (κ2) is 7.02. The van der Waals surface area contributed by atoms with Gasteiger partial charge in [0.25, 0.3) is 0 Å². The van der Waals surface area contributed by atoms with Crippen LogP contribution in [0.3, 0.4) is 0 Å². The molecule has 1 unspecified atom stereocenters. The van der Waals surface area contributed by atoms with Crippen molar-refractivity contribution in [3.63, 3.8) is 0 Å². The lowest BCUT2D eigenvalue weighted by Crippen LogP contribution is -2.21. The van der Waals surface area contributed by atoms with Crippen LogP contribution in [0.4, 0.5) is 0 Å². The molecule has 0 saturated carbocycles. The number of pyridine rings is 1. The predicted molar refractivity (Wildman–Crippen MR) is 83.3 cm³/mol. The van der Waals surface area contributed by atoms with Crippen molar-refractivity contribution in [2.75, 3.05) is 27.7 Å². The molecule has 21 heavy (non-hydrogen) atoms. The first-order valence-corrected chi connectivity index (χ1v) is 7.36. The Morgan fingerprint density at radius 1 is 1.48 bits per heavy atom. The van der Waals surface area contributed by atoms with E-state index in [4.69, 9.17) is 4.74 Å². The first kappa shape index (κ1) is 15.9. The third kappa shape index (κ3) is 3.61. The first-order chi connectivity index (χ1) is 10.0. The average Bonchev–Trinajstić information content (AvgIpc) is 2.85. The molecule has 2 aromatic heterocycles. The molecule has 0 aromatic carbocycles. The Labute approximate surface area is 132 Å². The van der Waals surface area contributed by atoms with E-state index < -0.39 is 6.10 Å². The first-order valence-electron chi connectivity index (χ1n) is 6.57. The van der Waals surface area contributed by atoms with Gasteiger partial charge in [0, 0.05) is 18.3 Å². The lowest BCUT2D eigenvalue weighted by atomic mass is 10.1. The summed E-state index contributed by atoms with van der Waals surface area (Å²) in [6.07, 6.45) is 2.47. The van der Waals surface area contributed by atoms with Gasteiger partial charge in [0.1, 0.15) is 6.10 Å². The second-order valence-electron chi connectivity index (χ2n) is 4.91. The summed E-state index contributed by atoms with van der Waals surface area (Å²) in [5.74, 6) is 0.414. The standard InChI is InChI=1S/C14H19BrN4O2/c1-18(2)7-8-19-12(11(15)9-17-19)13(20)10-5-4-6-16-14(10)21-3/h4-6,9,13,20H,7-8H2,1-3H3. The third-order valence-electron chi connectivity index (χ3n) is 3.14. The molecular formula is C14H19BrN4O2. The fraction of sp³-hybridized carbons (Fsp3) is 0.429. The molecule has 0 spiro atoms. The van der Waals surface area contributed by atoms with Crippen LogP contribution in [-0.4, -0.2) is 52.5 Å². The maximum atomic E-state index is 10.7. The summed E-state index contributed by atoms with van der Waals surface area (Å²) in [5, 5.41) is 15.0. The summed E-state index contributed by atoms with van der Waals surface area (Å²) < 4.78 is 7.77. The highest BCUT2D eigenvalue weighted by Crippen LogP contribution is 2.32. The Hall–Kier alpha value is -1.44. The number of methoxy groups -OCH3 is 1. The Morgan fingerprint density at radius 3 is 2.90 bits per heavy atom. The van der Waals surface area contributed by atoms with E-state index in [-0.39, 0.29) is 0 Å². The monoisotopic (exact) mass is 354 g/mol. The molecule has 1 atom stereocenters. The van der Waals surface area contributed by atoms with Gasteiger partial charge in [-0.3, -0.25) is 4.68 Å². The predicted octanol–water partition coefficient (Wildman–Crippen LogP) is 1.69. The number of likely N-dealkylation sites (N-methyl/N-ethyl adjacent to an activating group) is 1. The van der Waals surface area contributed by atoms with E-state index in [1.807, 2.05) is 14.1 Å². The molecule has 6 nitrogen and oxygen atoms in total. The highest BCUT2D eigenvalue weighted by Gasteiger charge is 2.23. The highest BCUT2D eigenvalue weighted by atomic mass is 79.9. The molecule has 0 fully saturated rings. The largest absolute Gasteiger partial charge is 0.481 e. The maximum Gasteiger partial charge on any atom is 0.219 e. The van der Waals surface area contributed by atoms with Crippen LogP contribution in [0.2, 0.25) is 0 Å². The number of aliphatic hydroxyl groups is 1. The van der Waals surface area contributed by atoms with Crippen LogP contribution in [0.1, 0.15) is 17.4 Å². The molecular weight excluding hydrogens is 336 g/mol. The third-order valence-corrected chi connectivity index (χ3v) is 3.75. The normalized spacial score (nSPS) is 12.7. The minimum absolute atomic E-state index is 0.414. The molecule has 2 rings (SSSR count). The Balaban J connectivity index is 2.34. The molecule has 0 amide bonds. The van der Waals surface area contributed by atoms with Crippen molar-refractivity contribution in [1.82, 2.24) is 19.7 Å². The van der Waals surface area contributed by atoms with Crippen molar-refractivity contribution in [3.8, 4) is 5.88 Å². The molecule has 0 aliphatic rings. The molecule has 0 radical (unpaired) electrons. The summed E-state index contributed by atoms with van der Waals surface area (Å²) in [5.41, 5.74) is 1.32. The van der Waals surface area contributed by atoms with E-state index in [0.717, 1.165) is 11.0 Å². The molecule has 0 aliphatic heterocycles. The SMILES string of the molecule is COc1ncccc1C(O)c1c(Br)cnn1CCN(C)C. The van der Waals surface area contributed by atoms with Crippen LogP contribution in [0.15, 0.2) is 29.0 Å². The van der Waals surface area contributed by atoms with Crippen LogP contribution in [0, 0.1) is 0 Å².